The second-order valence-corrected chi connectivity index (χ2v) is 8.26. The minimum absolute atomic E-state index is 0.384. The number of nitrogens with zero attached hydrogens (tertiary/aromatic N) is 5. The Morgan fingerprint density at radius 3 is 2.09 bits per heavy atom. The van der Waals surface area contributed by atoms with E-state index in [0.29, 0.717) is 13.0 Å². The van der Waals surface area contributed by atoms with Gasteiger partial charge in [-0.05, 0) is 5.56 Å². The average molecular weight is 440 g/mol. The Morgan fingerprint density at radius 1 is 0.812 bits per heavy atom. The molecule has 0 N–H and O–H groups in total. The number of aromatic nitrogens is 4. The molecule has 0 amide bonds. The molecule has 5 rings (SSSR count). The molecule has 2 aromatic heterocycles. The summed E-state index contributed by atoms with van der Waals surface area (Å²) in [6, 6.07) is 30.4. The van der Waals surface area contributed by atoms with Gasteiger partial charge >= 0.3 is 0 Å². The smallest absolute Gasteiger partial charge is 0.234 e. The zero-order valence-corrected chi connectivity index (χ0v) is 18.2. The molecule has 2 heterocycles. The highest BCUT2D eigenvalue weighted by atomic mass is 32.1. The Balaban J connectivity index is 1.28. The van der Waals surface area contributed by atoms with Crippen LogP contribution in [0.2, 0.25) is 0 Å². The fraction of sp³-hybridized carbons (Fsp3) is 0.120. The van der Waals surface area contributed by atoms with Gasteiger partial charge in [-0.15, -0.1) is 10.2 Å². The fourth-order valence-electron chi connectivity index (χ4n) is 3.41. The van der Waals surface area contributed by atoms with Crippen molar-refractivity contribution in [3.8, 4) is 0 Å². The molecule has 0 atom stereocenters. The predicted molar refractivity (Wildman–Crippen MR) is 126 cm³/mol. The normalized spacial score (nSPS) is 10.9. The highest BCUT2D eigenvalue weighted by Gasteiger charge is 2.13. The van der Waals surface area contributed by atoms with E-state index in [2.05, 4.69) is 27.5 Å². The minimum Gasteiger partial charge on any atom is -0.395 e. The minimum atomic E-state index is 0.384. The fourth-order valence-corrected chi connectivity index (χ4v) is 4.29. The second-order valence-electron chi connectivity index (χ2n) is 7.22. The van der Waals surface area contributed by atoms with Gasteiger partial charge in [0.1, 0.15) is 17.3 Å². The van der Waals surface area contributed by atoms with Crippen molar-refractivity contribution in [2.75, 3.05) is 6.61 Å². The van der Waals surface area contributed by atoms with Gasteiger partial charge < -0.3 is 4.84 Å². The first-order valence-electron chi connectivity index (χ1n) is 10.4. The van der Waals surface area contributed by atoms with Crippen molar-refractivity contribution >= 4 is 22.0 Å². The molecule has 3 aromatic carbocycles. The lowest BCUT2D eigenvalue weighted by atomic mass is 10.0. The summed E-state index contributed by atoms with van der Waals surface area (Å²) in [7, 11) is 0. The number of oxime groups is 1. The van der Waals surface area contributed by atoms with Crippen LogP contribution in [0.25, 0.3) is 4.96 Å². The highest BCUT2D eigenvalue weighted by Crippen LogP contribution is 2.18. The summed E-state index contributed by atoms with van der Waals surface area (Å²) >= 11 is 1.56. The van der Waals surface area contributed by atoms with Crippen LogP contribution >= 0.6 is 11.3 Å². The molecule has 6 nitrogen and oxygen atoms in total. The van der Waals surface area contributed by atoms with Gasteiger partial charge in [-0.25, -0.2) is 0 Å². The molecule has 0 unspecified atom stereocenters. The van der Waals surface area contributed by atoms with Crippen LogP contribution in [-0.4, -0.2) is 32.1 Å². The molecule has 0 spiro atoms. The molecule has 0 saturated heterocycles. The number of hydrogen-bond donors (Lipinski definition) is 0. The summed E-state index contributed by atoms with van der Waals surface area (Å²) in [5, 5.41) is 18.7. The van der Waals surface area contributed by atoms with Crippen molar-refractivity contribution in [3.63, 3.8) is 0 Å². The van der Waals surface area contributed by atoms with E-state index in [9.17, 15) is 0 Å². The van der Waals surface area contributed by atoms with Crippen molar-refractivity contribution in [2.24, 2.45) is 5.16 Å². The molecule has 0 radical (unpaired) electrons. The van der Waals surface area contributed by atoms with Gasteiger partial charge in [0, 0.05) is 24.0 Å². The van der Waals surface area contributed by atoms with Crippen LogP contribution in [0.4, 0.5) is 0 Å². The van der Waals surface area contributed by atoms with Crippen LogP contribution in [-0.2, 0) is 17.7 Å². The summed E-state index contributed by atoms with van der Waals surface area (Å²) in [4.78, 5) is 6.51. The van der Waals surface area contributed by atoms with Gasteiger partial charge in [-0.1, -0.05) is 107 Å². The molecule has 0 saturated carbocycles. The van der Waals surface area contributed by atoms with E-state index >= 15 is 0 Å². The average Bonchev–Trinajstić information content (AvgIpc) is 3.41. The number of rotatable bonds is 8. The van der Waals surface area contributed by atoms with Crippen molar-refractivity contribution < 1.29 is 4.84 Å². The number of fused-ring (bicyclic) bond motifs is 1. The van der Waals surface area contributed by atoms with E-state index < -0.39 is 0 Å². The highest BCUT2D eigenvalue weighted by molar-refractivity contribution is 7.16. The largest absolute Gasteiger partial charge is 0.395 e. The SMILES string of the molecule is c1ccc(Cc2nn3c(CCON=C(c4ccccc4)c4ccccc4)nnc3s2)cc1. The standard InChI is InChI=1S/C25H21N5OS/c1-4-10-19(11-5-1)18-23-28-30-22(26-27-25(30)32-23)16-17-31-29-24(20-12-6-2-7-13-20)21-14-8-3-9-15-21/h1-15H,16-18H2. The predicted octanol–water partition coefficient (Wildman–Crippen LogP) is 4.79. The van der Waals surface area contributed by atoms with Crippen LogP contribution < -0.4 is 0 Å². The third kappa shape index (κ3) is 4.58. The first kappa shape index (κ1) is 20.1. The molecular formula is C25H21N5OS. The van der Waals surface area contributed by atoms with Gasteiger partial charge in [-0.3, -0.25) is 0 Å². The molecule has 158 valence electrons. The van der Waals surface area contributed by atoms with Gasteiger partial charge in [-0.2, -0.15) is 9.61 Å². The van der Waals surface area contributed by atoms with Crippen molar-refractivity contribution in [3.05, 3.63) is 119 Å². The Hall–Kier alpha value is -3.84. The van der Waals surface area contributed by atoms with Crippen LogP contribution in [0.1, 0.15) is 27.5 Å². The molecule has 0 aliphatic carbocycles. The van der Waals surface area contributed by atoms with E-state index in [1.165, 1.54) is 5.56 Å². The third-order valence-electron chi connectivity index (χ3n) is 4.96. The summed E-state index contributed by atoms with van der Waals surface area (Å²) < 4.78 is 1.81. The second kappa shape index (κ2) is 9.53. The molecule has 0 aliphatic rings. The zero-order valence-electron chi connectivity index (χ0n) is 17.3. The molecule has 7 heteroatoms. The summed E-state index contributed by atoms with van der Waals surface area (Å²) in [5.41, 5.74) is 4.05. The summed E-state index contributed by atoms with van der Waals surface area (Å²) in [6.07, 6.45) is 1.35. The molecule has 32 heavy (non-hydrogen) atoms. The first-order valence-corrected chi connectivity index (χ1v) is 11.2. The topological polar surface area (TPSA) is 64.7 Å². The molecule has 0 fully saturated rings. The lowest BCUT2D eigenvalue weighted by Crippen LogP contribution is -2.06. The van der Waals surface area contributed by atoms with E-state index in [1.54, 1.807) is 11.3 Å². The first-order chi connectivity index (χ1) is 15.9. The number of hydrogen-bond acceptors (Lipinski definition) is 6. The Labute approximate surface area is 189 Å². The third-order valence-corrected chi connectivity index (χ3v) is 5.86. The maximum absolute atomic E-state index is 5.71. The van der Waals surface area contributed by atoms with Crippen LogP contribution in [0.3, 0.4) is 0 Å². The Morgan fingerprint density at radius 2 is 1.44 bits per heavy atom. The van der Waals surface area contributed by atoms with E-state index in [0.717, 1.165) is 39.1 Å². The van der Waals surface area contributed by atoms with Crippen LogP contribution in [0.5, 0.6) is 0 Å². The lowest BCUT2D eigenvalue weighted by Gasteiger charge is -2.07. The number of benzene rings is 3. The Kier molecular flexibility index (Phi) is 5.98. The van der Waals surface area contributed by atoms with Gasteiger partial charge in [0.15, 0.2) is 5.82 Å². The van der Waals surface area contributed by atoms with E-state index in [-0.39, 0.29) is 0 Å². The van der Waals surface area contributed by atoms with Crippen LogP contribution in [0.15, 0.2) is 96.2 Å². The lowest BCUT2D eigenvalue weighted by molar-refractivity contribution is 0.146. The molecule has 5 aromatic rings. The van der Waals surface area contributed by atoms with Crippen LogP contribution in [0, 0.1) is 0 Å². The Bertz CT molecular complexity index is 1270. The van der Waals surface area contributed by atoms with Gasteiger partial charge in [0.05, 0.1) is 0 Å². The van der Waals surface area contributed by atoms with Gasteiger partial charge in [0.2, 0.25) is 4.96 Å². The zero-order chi connectivity index (χ0) is 21.6. The van der Waals surface area contributed by atoms with Crippen molar-refractivity contribution in [1.82, 2.24) is 19.8 Å². The van der Waals surface area contributed by atoms with E-state index in [4.69, 9.17) is 9.94 Å². The molecular weight excluding hydrogens is 418 g/mol. The summed E-state index contributed by atoms with van der Waals surface area (Å²) in [5.74, 6) is 0.770. The monoisotopic (exact) mass is 439 g/mol. The maximum atomic E-state index is 5.71. The molecule has 0 bridgehead atoms. The maximum Gasteiger partial charge on any atom is 0.234 e. The van der Waals surface area contributed by atoms with Crippen molar-refractivity contribution in [2.45, 2.75) is 12.8 Å². The van der Waals surface area contributed by atoms with Crippen molar-refractivity contribution in [1.29, 1.82) is 0 Å². The summed E-state index contributed by atoms with van der Waals surface area (Å²) in [6.45, 7) is 0.384. The van der Waals surface area contributed by atoms with E-state index in [1.807, 2.05) is 83.4 Å². The quantitative estimate of drug-likeness (QED) is 0.198. The molecule has 0 aliphatic heterocycles. The van der Waals surface area contributed by atoms with Gasteiger partial charge in [0.25, 0.3) is 0 Å².